The van der Waals surface area contributed by atoms with Crippen molar-refractivity contribution in [2.24, 2.45) is 0 Å². The summed E-state index contributed by atoms with van der Waals surface area (Å²) in [5, 5.41) is 0. The number of unbranched alkanes of at least 4 members (excludes halogenated alkanes) is 4. The van der Waals surface area contributed by atoms with Crippen LogP contribution in [0.3, 0.4) is 0 Å². The van der Waals surface area contributed by atoms with Gasteiger partial charge in [-0.2, -0.15) is 0 Å². The summed E-state index contributed by atoms with van der Waals surface area (Å²) in [6.07, 6.45) is 9.68. The molecule has 1 aromatic carbocycles. The quantitative estimate of drug-likeness (QED) is 0.613. The van der Waals surface area contributed by atoms with Crippen molar-refractivity contribution in [1.82, 2.24) is 15.0 Å². The molecule has 1 N–H and O–H groups in total. The predicted octanol–water partition coefficient (Wildman–Crippen LogP) is 5.14. The minimum Gasteiger partial charge on any atom is -0.337 e. The highest BCUT2D eigenvalue weighted by Crippen LogP contribution is 2.19. The second-order valence-corrected chi connectivity index (χ2v) is 5.82. The molecule has 3 nitrogen and oxygen atoms in total. The Bertz CT molecular complexity index is 680. The first-order valence-electron chi connectivity index (χ1n) is 8.27. The number of aromatic nitrogens is 3. The number of pyridine rings is 1. The topological polar surface area (TPSA) is 41.6 Å². The van der Waals surface area contributed by atoms with E-state index >= 15 is 0 Å². The summed E-state index contributed by atoms with van der Waals surface area (Å²) in [6.45, 7) is 2.25. The SMILES string of the molecule is CCCCCCCc1ccc(-c2nc3ccccc3[nH]2)nc1. The Kier molecular flexibility index (Phi) is 4.84. The molecule has 2 aromatic heterocycles. The van der Waals surface area contributed by atoms with Crippen LogP contribution in [-0.4, -0.2) is 15.0 Å². The zero-order valence-corrected chi connectivity index (χ0v) is 13.2. The lowest BCUT2D eigenvalue weighted by molar-refractivity contribution is 0.632. The van der Waals surface area contributed by atoms with Gasteiger partial charge in [0.2, 0.25) is 0 Å². The van der Waals surface area contributed by atoms with Crippen LogP contribution in [0.15, 0.2) is 42.6 Å². The molecule has 0 unspecified atom stereocenters. The van der Waals surface area contributed by atoms with Gasteiger partial charge in [-0.1, -0.05) is 50.8 Å². The number of hydrogen-bond acceptors (Lipinski definition) is 2. The fourth-order valence-electron chi connectivity index (χ4n) is 2.72. The van der Waals surface area contributed by atoms with Crippen LogP contribution in [-0.2, 0) is 6.42 Å². The fraction of sp³-hybridized carbons (Fsp3) is 0.368. The smallest absolute Gasteiger partial charge is 0.157 e. The molecule has 0 atom stereocenters. The van der Waals surface area contributed by atoms with Crippen LogP contribution in [0, 0.1) is 0 Å². The van der Waals surface area contributed by atoms with E-state index in [9.17, 15) is 0 Å². The lowest BCUT2D eigenvalue weighted by Crippen LogP contribution is -1.90. The van der Waals surface area contributed by atoms with Crippen molar-refractivity contribution in [3.63, 3.8) is 0 Å². The molecular weight excluding hydrogens is 270 g/mol. The van der Waals surface area contributed by atoms with E-state index in [0.717, 1.165) is 29.0 Å². The molecule has 0 aliphatic rings. The highest BCUT2D eigenvalue weighted by atomic mass is 14.9. The van der Waals surface area contributed by atoms with Crippen molar-refractivity contribution in [2.45, 2.75) is 45.4 Å². The van der Waals surface area contributed by atoms with E-state index in [1.807, 2.05) is 30.5 Å². The summed E-state index contributed by atoms with van der Waals surface area (Å²) in [7, 11) is 0. The van der Waals surface area contributed by atoms with E-state index in [1.165, 1.54) is 37.7 Å². The number of aromatic amines is 1. The molecule has 0 bridgehead atoms. The van der Waals surface area contributed by atoms with Crippen molar-refractivity contribution in [2.75, 3.05) is 0 Å². The molecule has 0 fully saturated rings. The molecule has 3 rings (SSSR count). The molecule has 0 amide bonds. The Balaban J connectivity index is 1.63. The van der Waals surface area contributed by atoms with Crippen molar-refractivity contribution in [3.05, 3.63) is 48.2 Å². The van der Waals surface area contributed by atoms with Gasteiger partial charge in [-0.3, -0.25) is 4.98 Å². The van der Waals surface area contributed by atoms with Crippen molar-refractivity contribution >= 4 is 11.0 Å². The van der Waals surface area contributed by atoms with Crippen LogP contribution in [0.25, 0.3) is 22.6 Å². The lowest BCUT2D eigenvalue weighted by atomic mass is 10.1. The van der Waals surface area contributed by atoms with Gasteiger partial charge >= 0.3 is 0 Å². The maximum atomic E-state index is 4.59. The van der Waals surface area contributed by atoms with E-state index in [-0.39, 0.29) is 0 Å². The molecule has 0 radical (unpaired) electrons. The van der Waals surface area contributed by atoms with E-state index in [0.29, 0.717) is 0 Å². The summed E-state index contributed by atoms with van der Waals surface area (Å²) < 4.78 is 0. The fourth-order valence-corrected chi connectivity index (χ4v) is 2.72. The predicted molar refractivity (Wildman–Crippen MR) is 91.8 cm³/mol. The van der Waals surface area contributed by atoms with Crippen LogP contribution in [0.2, 0.25) is 0 Å². The van der Waals surface area contributed by atoms with Crippen LogP contribution in [0.4, 0.5) is 0 Å². The normalized spacial score (nSPS) is 11.1. The van der Waals surface area contributed by atoms with E-state index < -0.39 is 0 Å². The first-order chi connectivity index (χ1) is 10.9. The number of fused-ring (bicyclic) bond motifs is 1. The highest BCUT2D eigenvalue weighted by Gasteiger charge is 2.06. The molecule has 3 aromatic rings. The molecule has 3 heteroatoms. The lowest BCUT2D eigenvalue weighted by Gasteiger charge is -2.02. The number of nitrogens with zero attached hydrogens (tertiary/aromatic N) is 2. The summed E-state index contributed by atoms with van der Waals surface area (Å²) >= 11 is 0. The molecule has 22 heavy (non-hydrogen) atoms. The van der Waals surface area contributed by atoms with Gasteiger partial charge in [-0.05, 0) is 36.6 Å². The standard InChI is InChI=1S/C19H23N3/c1-2-3-4-5-6-9-15-12-13-18(20-14-15)19-21-16-10-7-8-11-17(16)22-19/h7-8,10-14H,2-6,9H2,1H3,(H,21,22). The minimum absolute atomic E-state index is 0.843. The molecule has 0 spiro atoms. The third-order valence-electron chi connectivity index (χ3n) is 4.03. The molecule has 0 aliphatic carbocycles. The van der Waals surface area contributed by atoms with Crippen molar-refractivity contribution < 1.29 is 0 Å². The maximum absolute atomic E-state index is 4.59. The molecule has 0 saturated heterocycles. The Morgan fingerprint density at radius 3 is 2.59 bits per heavy atom. The summed E-state index contributed by atoms with van der Waals surface area (Å²) in [6, 6.07) is 12.3. The molecule has 0 saturated carbocycles. The van der Waals surface area contributed by atoms with Gasteiger partial charge in [-0.15, -0.1) is 0 Å². The molecule has 0 aliphatic heterocycles. The van der Waals surface area contributed by atoms with Crippen LogP contribution in [0.5, 0.6) is 0 Å². The van der Waals surface area contributed by atoms with Gasteiger partial charge in [0.05, 0.1) is 11.0 Å². The Morgan fingerprint density at radius 1 is 0.955 bits per heavy atom. The number of hydrogen-bond donors (Lipinski definition) is 1. The van der Waals surface area contributed by atoms with Crippen LogP contribution >= 0.6 is 0 Å². The van der Waals surface area contributed by atoms with E-state index in [2.05, 4.69) is 34.0 Å². The number of imidazole rings is 1. The van der Waals surface area contributed by atoms with Gasteiger partial charge < -0.3 is 4.98 Å². The van der Waals surface area contributed by atoms with Crippen LogP contribution < -0.4 is 0 Å². The number of H-pyrrole nitrogens is 1. The number of para-hydroxylation sites is 2. The van der Waals surface area contributed by atoms with Gasteiger partial charge in [0.25, 0.3) is 0 Å². The van der Waals surface area contributed by atoms with Gasteiger partial charge in [-0.25, -0.2) is 4.98 Å². The van der Waals surface area contributed by atoms with E-state index in [4.69, 9.17) is 0 Å². The van der Waals surface area contributed by atoms with Crippen molar-refractivity contribution in [3.8, 4) is 11.5 Å². The van der Waals surface area contributed by atoms with E-state index in [1.54, 1.807) is 0 Å². The second kappa shape index (κ2) is 7.21. The third kappa shape index (κ3) is 3.53. The first-order valence-corrected chi connectivity index (χ1v) is 8.27. The zero-order chi connectivity index (χ0) is 15.2. The maximum Gasteiger partial charge on any atom is 0.157 e. The Labute approximate surface area is 131 Å². The Hall–Kier alpha value is -2.16. The average Bonchev–Trinajstić information content (AvgIpc) is 2.99. The monoisotopic (exact) mass is 293 g/mol. The van der Waals surface area contributed by atoms with Gasteiger partial charge in [0.15, 0.2) is 5.82 Å². The summed E-state index contributed by atoms with van der Waals surface area (Å²) in [5.74, 6) is 0.843. The number of benzene rings is 1. The average molecular weight is 293 g/mol. The Morgan fingerprint density at radius 2 is 1.82 bits per heavy atom. The zero-order valence-electron chi connectivity index (χ0n) is 13.2. The summed E-state index contributed by atoms with van der Waals surface area (Å²) in [5.41, 5.74) is 4.26. The largest absolute Gasteiger partial charge is 0.337 e. The first kappa shape index (κ1) is 14.8. The minimum atomic E-state index is 0.843. The second-order valence-electron chi connectivity index (χ2n) is 5.82. The highest BCUT2D eigenvalue weighted by molar-refractivity contribution is 5.78. The number of aryl methyl sites for hydroxylation is 1. The van der Waals surface area contributed by atoms with Crippen molar-refractivity contribution in [1.29, 1.82) is 0 Å². The summed E-state index contributed by atoms with van der Waals surface area (Å²) in [4.78, 5) is 12.5. The van der Waals surface area contributed by atoms with Gasteiger partial charge in [0.1, 0.15) is 5.69 Å². The molecular formula is C19H23N3. The number of rotatable bonds is 7. The molecule has 114 valence electrons. The van der Waals surface area contributed by atoms with Crippen LogP contribution in [0.1, 0.15) is 44.6 Å². The van der Waals surface area contributed by atoms with Gasteiger partial charge in [0, 0.05) is 6.20 Å². The molecule has 2 heterocycles. The third-order valence-corrected chi connectivity index (χ3v) is 4.03. The number of nitrogens with one attached hydrogen (secondary N) is 1.